The first-order chi connectivity index (χ1) is 8.47. The van der Waals surface area contributed by atoms with Crippen molar-refractivity contribution >= 4 is 34.1 Å². The maximum atomic E-state index is 10.5. The number of carbonyl (C=O) groups excluding carboxylic acids is 1. The van der Waals surface area contributed by atoms with Gasteiger partial charge in [0.15, 0.2) is 0 Å². The van der Waals surface area contributed by atoms with Gasteiger partial charge in [0.2, 0.25) is 0 Å². The van der Waals surface area contributed by atoms with E-state index in [2.05, 4.69) is 6.07 Å². The molecule has 3 nitrogen and oxygen atoms in total. The minimum Gasteiger partial charge on any atom is -0.550 e. The van der Waals surface area contributed by atoms with E-state index in [1.807, 2.05) is 30.3 Å². The predicted molar refractivity (Wildman–Crippen MR) is 74.0 cm³/mol. The summed E-state index contributed by atoms with van der Waals surface area (Å²) in [7, 11) is 0. The third kappa shape index (κ3) is 6.55. The van der Waals surface area contributed by atoms with Gasteiger partial charge in [-0.2, -0.15) is 5.26 Å². The van der Waals surface area contributed by atoms with Crippen molar-refractivity contribution in [2.24, 2.45) is 0 Å². The zero-order valence-corrected chi connectivity index (χ0v) is 14.5. The molecule has 0 saturated carbocycles. The summed E-state index contributed by atoms with van der Waals surface area (Å²) in [5.41, 5.74) is 0.868. The molecule has 0 N–H and O–H groups in total. The van der Waals surface area contributed by atoms with Gasteiger partial charge in [0.05, 0.1) is 10.3 Å². The molecule has 0 aliphatic rings. The summed E-state index contributed by atoms with van der Waals surface area (Å²) in [5, 5.41) is 19.6. The normalized spacial score (nSPS) is 12.6. The van der Waals surface area contributed by atoms with Gasteiger partial charge in [-0.05, 0) is 25.3 Å². The summed E-state index contributed by atoms with van der Waals surface area (Å²) in [6, 6.07) is 11.5. The second kappa shape index (κ2) is 8.72. The molecular weight excluding hydrogens is 289 g/mol. The topological polar surface area (TPSA) is 63.9 Å². The number of carboxylic acid groups (broad SMARTS) is 1. The van der Waals surface area contributed by atoms with Gasteiger partial charge in [-0.25, -0.2) is 0 Å². The van der Waals surface area contributed by atoms with Crippen molar-refractivity contribution in [2.75, 3.05) is 0 Å². The van der Waals surface area contributed by atoms with Crippen LogP contribution in [0.15, 0.2) is 30.3 Å². The van der Waals surface area contributed by atoms with Crippen molar-refractivity contribution in [1.29, 1.82) is 5.26 Å². The molecule has 0 fully saturated rings. The van der Waals surface area contributed by atoms with Crippen LogP contribution in [0.25, 0.3) is 0 Å². The summed E-state index contributed by atoms with van der Waals surface area (Å²) < 4.78 is -0.245. The van der Waals surface area contributed by atoms with Crippen LogP contribution in [0.1, 0.15) is 25.3 Å². The molecule has 6 heteroatoms. The van der Waals surface area contributed by atoms with Gasteiger partial charge in [0.25, 0.3) is 0 Å². The van der Waals surface area contributed by atoms with Gasteiger partial charge >= 0.3 is 29.6 Å². The Morgan fingerprint density at radius 2 is 2.05 bits per heavy atom. The van der Waals surface area contributed by atoms with Crippen LogP contribution in [0.4, 0.5) is 0 Å². The molecule has 1 aromatic carbocycles. The van der Waals surface area contributed by atoms with E-state index in [-0.39, 0.29) is 42.4 Å². The van der Waals surface area contributed by atoms with Gasteiger partial charge in [0.1, 0.15) is 4.75 Å². The first-order valence-corrected chi connectivity index (χ1v) is 6.59. The molecular formula is C13H12NNaO2S2. The van der Waals surface area contributed by atoms with Crippen molar-refractivity contribution in [3.8, 4) is 6.07 Å². The van der Waals surface area contributed by atoms with Crippen LogP contribution >= 0.6 is 24.0 Å². The summed E-state index contributed by atoms with van der Waals surface area (Å²) in [6.45, 7) is 1.69. The van der Waals surface area contributed by atoms with E-state index in [0.717, 1.165) is 5.56 Å². The molecule has 0 saturated heterocycles. The molecule has 1 unspecified atom stereocenters. The molecule has 0 spiro atoms. The zero-order chi connectivity index (χ0) is 13.6. The molecule has 0 amide bonds. The number of carboxylic acids is 1. The molecule has 0 bridgehead atoms. The Balaban J connectivity index is 0.00000324. The number of nitriles is 1. The second-order valence-electron chi connectivity index (χ2n) is 3.97. The van der Waals surface area contributed by atoms with E-state index in [1.165, 1.54) is 11.8 Å². The average Bonchev–Trinajstić information content (AvgIpc) is 2.37. The van der Waals surface area contributed by atoms with Crippen molar-refractivity contribution < 1.29 is 39.5 Å². The molecule has 0 heterocycles. The number of thioether (sulfide) groups is 1. The van der Waals surface area contributed by atoms with Gasteiger partial charge in [-0.15, -0.1) is 0 Å². The van der Waals surface area contributed by atoms with Crippen molar-refractivity contribution in [3.05, 3.63) is 35.9 Å². The Morgan fingerprint density at radius 1 is 1.47 bits per heavy atom. The number of thiocarbonyl (C=S) groups is 1. The Labute approximate surface area is 144 Å². The predicted octanol–water partition coefficient (Wildman–Crippen LogP) is -1.09. The van der Waals surface area contributed by atoms with Crippen LogP contribution in [0, 0.1) is 11.3 Å². The second-order valence-corrected chi connectivity index (χ2v) is 6.15. The van der Waals surface area contributed by atoms with Crippen LogP contribution < -0.4 is 34.7 Å². The van der Waals surface area contributed by atoms with E-state index >= 15 is 0 Å². The summed E-state index contributed by atoms with van der Waals surface area (Å²) in [5.74, 6) is -1.15. The monoisotopic (exact) mass is 301 g/mol. The number of rotatable bonds is 5. The van der Waals surface area contributed by atoms with Gasteiger partial charge in [-0.3, -0.25) is 0 Å². The number of nitrogens with zero attached hydrogens (tertiary/aromatic N) is 1. The van der Waals surface area contributed by atoms with E-state index in [9.17, 15) is 9.90 Å². The average molecular weight is 301 g/mol. The first-order valence-electron chi connectivity index (χ1n) is 5.36. The van der Waals surface area contributed by atoms with E-state index in [0.29, 0.717) is 4.20 Å². The summed E-state index contributed by atoms with van der Waals surface area (Å²) in [4.78, 5) is 10.5. The Morgan fingerprint density at radius 3 is 2.53 bits per heavy atom. The van der Waals surface area contributed by atoms with Crippen LogP contribution in [0.3, 0.4) is 0 Å². The molecule has 94 valence electrons. The third-order valence-electron chi connectivity index (χ3n) is 2.37. The fourth-order valence-corrected chi connectivity index (χ4v) is 2.91. The first kappa shape index (κ1) is 18.6. The molecule has 1 atom stereocenters. The molecule has 1 rings (SSSR count). The minimum absolute atomic E-state index is 0. The van der Waals surface area contributed by atoms with E-state index in [4.69, 9.17) is 17.5 Å². The van der Waals surface area contributed by atoms with Gasteiger partial charge in [-0.1, -0.05) is 54.3 Å². The van der Waals surface area contributed by atoms with Crippen LogP contribution in [0.5, 0.6) is 0 Å². The number of hydrogen-bond donors (Lipinski definition) is 0. The summed E-state index contributed by atoms with van der Waals surface area (Å²) in [6.07, 6.45) is 0.0674. The Bertz CT molecular complexity index is 487. The van der Waals surface area contributed by atoms with Crippen LogP contribution in [-0.2, 0) is 4.79 Å². The summed E-state index contributed by atoms with van der Waals surface area (Å²) >= 11 is 6.48. The standard InChI is InChI=1S/C13H13NO2S2.Na/c1-13(9-14,8-7-11(15)16)18-12(17)10-5-3-2-4-6-10;/h2-6H,7-8H2,1H3,(H,15,16);/q;+1/p-1. The molecule has 0 aliphatic carbocycles. The maximum absolute atomic E-state index is 10.5. The third-order valence-corrected chi connectivity index (χ3v) is 4.02. The molecule has 19 heavy (non-hydrogen) atoms. The molecule has 0 aromatic heterocycles. The largest absolute Gasteiger partial charge is 1.00 e. The number of hydrogen-bond acceptors (Lipinski definition) is 5. The quantitative estimate of drug-likeness (QED) is 0.511. The zero-order valence-electron chi connectivity index (χ0n) is 10.9. The molecule has 0 radical (unpaired) electrons. The van der Waals surface area contributed by atoms with Crippen LogP contribution in [-0.4, -0.2) is 14.9 Å². The Kier molecular flexibility index (Phi) is 8.55. The SMILES string of the molecule is CC(C#N)(CCC(=O)[O-])SC(=S)c1ccccc1.[Na+]. The molecule has 0 aliphatic heterocycles. The van der Waals surface area contributed by atoms with E-state index < -0.39 is 10.7 Å². The number of carbonyl (C=O) groups is 1. The van der Waals surface area contributed by atoms with Crippen molar-refractivity contribution in [3.63, 3.8) is 0 Å². The van der Waals surface area contributed by atoms with Crippen LogP contribution in [0.2, 0.25) is 0 Å². The Hall–Kier alpha value is -0.380. The maximum Gasteiger partial charge on any atom is 1.00 e. The molecule has 1 aromatic rings. The number of aliphatic carboxylic acids is 1. The minimum atomic E-state index is -1.15. The fraction of sp³-hybridized carbons (Fsp3) is 0.308. The van der Waals surface area contributed by atoms with Gasteiger partial charge < -0.3 is 9.90 Å². The fourth-order valence-electron chi connectivity index (χ4n) is 1.31. The smallest absolute Gasteiger partial charge is 0.550 e. The number of benzene rings is 1. The van der Waals surface area contributed by atoms with Gasteiger partial charge in [0, 0.05) is 5.97 Å². The van der Waals surface area contributed by atoms with E-state index in [1.54, 1.807) is 6.92 Å². The van der Waals surface area contributed by atoms with Crippen molar-refractivity contribution in [1.82, 2.24) is 0 Å². The van der Waals surface area contributed by atoms with Crippen molar-refractivity contribution in [2.45, 2.75) is 24.5 Å².